The molecule has 7 nitrogen and oxygen atoms in total. The van der Waals surface area contributed by atoms with Gasteiger partial charge < -0.3 is 19.5 Å². The zero-order valence-corrected chi connectivity index (χ0v) is 17.5. The number of piperidine rings is 1. The molecule has 0 spiro atoms. The molecule has 1 aliphatic heterocycles. The summed E-state index contributed by atoms with van der Waals surface area (Å²) in [5.74, 6) is 0.311. The number of aromatic nitrogens is 1. The molecule has 4 rings (SSSR count). The van der Waals surface area contributed by atoms with E-state index < -0.39 is 0 Å². The van der Waals surface area contributed by atoms with Gasteiger partial charge in [-0.05, 0) is 37.8 Å². The first-order valence-electron chi connectivity index (χ1n) is 11.0. The van der Waals surface area contributed by atoms with E-state index in [1.54, 1.807) is 18.2 Å². The number of hydrogen-bond acceptors (Lipinski definition) is 5. The number of carbonyl (C=O) groups excluding carboxylic acids is 2. The molecular weight excluding hydrogens is 401 g/mol. The summed E-state index contributed by atoms with van der Waals surface area (Å²) in [6, 6.07) is 7.86. The zero-order chi connectivity index (χ0) is 21.6. The predicted octanol–water partition coefficient (Wildman–Crippen LogP) is 3.66. The van der Waals surface area contributed by atoms with E-state index in [4.69, 9.17) is 9.26 Å². The molecule has 2 aliphatic rings. The minimum atomic E-state index is -0.363. The Balaban J connectivity index is 1.20. The van der Waals surface area contributed by atoms with E-state index in [2.05, 4.69) is 10.5 Å². The summed E-state index contributed by atoms with van der Waals surface area (Å²) in [6.45, 7) is 1.46. The number of ether oxygens (including phenoxy) is 1. The molecule has 1 aromatic heterocycles. The van der Waals surface area contributed by atoms with Crippen LogP contribution in [0, 0.1) is 5.82 Å². The minimum absolute atomic E-state index is 0.0200. The van der Waals surface area contributed by atoms with Crippen LogP contribution in [-0.4, -0.2) is 47.6 Å². The van der Waals surface area contributed by atoms with Gasteiger partial charge in [-0.15, -0.1) is 0 Å². The van der Waals surface area contributed by atoms with Gasteiger partial charge >= 0.3 is 0 Å². The number of rotatable bonds is 7. The largest absolute Gasteiger partial charge is 0.493 e. The normalized spacial score (nSPS) is 17.6. The number of benzene rings is 1. The first kappa shape index (κ1) is 21.3. The van der Waals surface area contributed by atoms with Crippen molar-refractivity contribution in [2.45, 2.75) is 56.9 Å². The van der Waals surface area contributed by atoms with Gasteiger partial charge in [0, 0.05) is 37.2 Å². The molecule has 31 heavy (non-hydrogen) atoms. The average molecular weight is 429 g/mol. The van der Waals surface area contributed by atoms with Crippen LogP contribution >= 0.6 is 0 Å². The molecule has 2 fully saturated rings. The molecule has 2 heterocycles. The first-order valence-corrected chi connectivity index (χ1v) is 11.0. The number of carbonyl (C=O) groups is 2. The van der Waals surface area contributed by atoms with Gasteiger partial charge in [0.15, 0.2) is 0 Å². The van der Waals surface area contributed by atoms with Gasteiger partial charge in [-0.2, -0.15) is 0 Å². The number of nitrogens with zero attached hydrogens (tertiary/aromatic N) is 2. The Kier molecular flexibility index (Phi) is 6.84. The molecule has 1 saturated heterocycles. The summed E-state index contributed by atoms with van der Waals surface area (Å²) in [5, 5.41) is 7.12. The Labute approximate surface area is 180 Å². The monoisotopic (exact) mass is 429 g/mol. The van der Waals surface area contributed by atoms with E-state index >= 15 is 0 Å². The van der Waals surface area contributed by atoms with E-state index in [0.29, 0.717) is 18.8 Å². The van der Waals surface area contributed by atoms with Crippen LogP contribution in [0.3, 0.4) is 0 Å². The van der Waals surface area contributed by atoms with Crippen LogP contribution in [0.1, 0.15) is 67.1 Å². The number of hydrogen-bond donors (Lipinski definition) is 1. The molecule has 0 atom stereocenters. The van der Waals surface area contributed by atoms with Crippen molar-refractivity contribution in [2.75, 3.05) is 19.7 Å². The predicted molar refractivity (Wildman–Crippen MR) is 111 cm³/mol. The van der Waals surface area contributed by atoms with Crippen LogP contribution in [0.5, 0.6) is 5.75 Å². The highest BCUT2D eigenvalue weighted by Gasteiger charge is 2.27. The SMILES string of the molecule is O=C(NC1CCCC1)c1cc(C2CCN(C(=O)CCOc3cccc(F)c3)CC2)no1. The van der Waals surface area contributed by atoms with Gasteiger partial charge in [-0.25, -0.2) is 4.39 Å². The highest BCUT2D eigenvalue weighted by molar-refractivity contribution is 5.91. The maximum absolute atomic E-state index is 13.2. The van der Waals surface area contributed by atoms with E-state index in [1.165, 1.54) is 12.1 Å². The lowest BCUT2D eigenvalue weighted by atomic mass is 9.93. The maximum atomic E-state index is 13.2. The minimum Gasteiger partial charge on any atom is -0.493 e. The van der Waals surface area contributed by atoms with Gasteiger partial charge in [0.05, 0.1) is 18.7 Å². The molecule has 0 radical (unpaired) electrons. The third-order valence-corrected chi connectivity index (χ3v) is 6.09. The molecule has 0 bridgehead atoms. The fourth-order valence-corrected chi connectivity index (χ4v) is 4.31. The maximum Gasteiger partial charge on any atom is 0.290 e. The lowest BCUT2D eigenvalue weighted by Crippen LogP contribution is -2.38. The Morgan fingerprint density at radius 2 is 1.94 bits per heavy atom. The van der Waals surface area contributed by atoms with Crippen molar-refractivity contribution in [1.82, 2.24) is 15.4 Å². The lowest BCUT2D eigenvalue weighted by Gasteiger charge is -2.31. The van der Waals surface area contributed by atoms with Crippen LogP contribution in [-0.2, 0) is 4.79 Å². The standard InChI is InChI=1S/C23H28FN3O4/c24-17-4-3-7-19(14-17)30-13-10-22(28)27-11-8-16(9-12-27)20-15-21(31-26-20)23(29)25-18-5-1-2-6-18/h3-4,7,14-16,18H,1-2,5-6,8-13H2,(H,25,29). The topological polar surface area (TPSA) is 84.7 Å². The highest BCUT2D eigenvalue weighted by Crippen LogP contribution is 2.28. The average Bonchev–Trinajstić information content (AvgIpc) is 3.46. The van der Waals surface area contributed by atoms with E-state index in [9.17, 15) is 14.0 Å². The summed E-state index contributed by atoms with van der Waals surface area (Å²) in [6.07, 6.45) is 6.14. The molecule has 166 valence electrons. The van der Waals surface area contributed by atoms with E-state index in [1.807, 2.05) is 4.90 Å². The Hall–Kier alpha value is -2.90. The van der Waals surface area contributed by atoms with Gasteiger partial charge in [0.2, 0.25) is 11.7 Å². The Morgan fingerprint density at radius 3 is 2.68 bits per heavy atom. The molecule has 2 aromatic rings. The second-order valence-electron chi connectivity index (χ2n) is 8.28. The lowest BCUT2D eigenvalue weighted by molar-refractivity contribution is -0.132. The first-order chi connectivity index (χ1) is 15.1. The van der Waals surface area contributed by atoms with Crippen LogP contribution in [0.2, 0.25) is 0 Å². The summed E-state index contributed by atoms with van der Waals surface area (Å²) in [7, 11) is 0. The van der Waals surface area contributed by atoms with Crippen LogP contribution in [0.25, 0.3) is 0 Å². The van der Waals surface area contributed by atoms with Crippen LogP contribution < -0.4 is 10.1 Å². The highest BCUT2D eigenvalue weighted by atomic mass is 19.1. The van der Waals surface area contributed by atoms with Gasteiger partial charge in [-0.1, -0.05) is 24.1 Å². The van der Waals surface area contributed by atoms with Crippen LogP contribution in [0.15, 0.2) is 34.9 Å². The van der Waals surface area contributed by atoms with Crippen molar-refractivity contribution in [3.8, 4) is 5.75 Å². The molecule has 1 N–H and O–H groups in total. The van der Waals surface area contributed by atoms with Gasteiger partial charge in [0.25, 0.3) is 5.91 Å². The summed E-state index contributed by atoms with van der Waals surface area (Å²) in [4.78, 5) is 26.6. The van der Waals surface area contributed by atoms with Crippen LogP contribution in [0.4, 0.5) is 4.39 Å². The molecule has 1 aromatic carbocycles. The van der Waals surface area contributed by atoms with Gasteiger partial charge in [-0.3, -0.25) is 9.59 Å². The third kappa shape index (κ3) is 5.62. The fraction of sp³-hybridized carbons (Fsp3) is 0.522. The molecule has 1 aliphatic carbocycles. The van der Waals surface area contributed by atoms with Crippen molar-refractivity contribution >= 4 is 11.8 Å². The summed E-state index contributed by atoms with van der Waals surface area (Å²) >= 11 is 0. The zero-order valence-electron chi connectivity index (χ0n) is 17.5. The number of amides is 2. The second-order valence-corrected chi connectivity index (χ2v) is 8.28. The summed E-state index contributed by atoms with van der Waals surface area (Å²) < 4.78 is 23.9. The van der Waals surface area contributed by atoms with Crippen molar-refractivity contribution in [1.29, 1.82) is 0 Å². The Morgan fingerprint density at radius 1 is 1.16 bits per heavy atom. The quantitative estimate of drug-likeness (QED) is 0.726. The molecule has 2 amide bonds. The molecule has 8 heteroatoms. The van der Waals surface area contributed by atoms with Crippen molar-refractivity contribution in [3.63, 3.8) is 0 Å². The number of likely N-dealkylation sites (tertiary alicyclic amines) is 1. The van der Waals surface area contributed by atoms with Gasteiger partial charge in [0.1, 0.15) is 11.6 Å². The fourth-order valence-electron chi connectivity index (χ4n) is 4.31. The summed E-state index contributed by atoms with van der Waals surface area (Å²) in [5.41, 5.74) is 0.776. The molecule has 1 saturated carbocycles. The third-order valence-electron chi connectivity index (χ3n) is 6.09. The van der Waals surface area contributed by atoms with E-state index in [-0.39, 0.29) is 48.4 Å². The number of nitrogens with one attached hydrogen (secondary N) is 1. The number of halogens is 1. The van der Waals surface area contributed by atoms with Crippen molar-refractivity contribution in [2.24, 2.45) is 0 Å². The molecular formula is C23H28FN3O4. The smallest absolute Gasteiger partial charge is 0.290 e. The van der Waals surface area contributed by atoms with Crippen molar-refractivity contribution in [3.05, 3.63) is 47.6 Å². The van der Waals surface area contributed by atoms with E-state index in [0.717, 1.165) is 44.2 Å². The van der Waals surface area contributed by atoms with Crippen molar-refractivity contribution < 1.29 is 23.2 Å². The second kappa shape index (κ2) is 9.94. The Bertz CT molecular complexity index is 902. The molecule has 0 unspecified atom stereocenters.